The van der Waals surface area contributed by atoms with E-state index in [0.29, 0.717) is 13.0 Å². The van der Waals surface area contributed by atoms with Gasteiger partial charge in [0.1, 0.15) is 17.3 Å². The lowest BCUT2D eigenvalue weighted by Crippen LogP contribution is -2.41. The molecule has 114 valence electrons. The molecular formula is C16H21NO4. The van der Waals surface area contributed by atoms with Gasteiger partial charge in [-0.3, -0.25) is 9.59 Å². The second kappa shape index (κ2) is 6.61. The van der Waals surface area contributed by atoms with Gasteiger partial charge in [-0.05, 0) is 31.9 Å². The largest absolute Gasteiger partial charge is 0.508 e. The van der Waals surface area contributed by atoms with Crippen molar-refractivity contribution in [2.24, 2.45) is 0 Å². The molecule has 1 aromatic carbocycles. The Balaban J connectivity index is 2.26. The summed E-state index contributed by atoms with van der Waals surface area (Å²) in [6, 6.07) is 3.78. The van der Waals surface area contributed by atoms with Gasteiger partial charge >= 0.3 is 0 Å². The maximum atomic E-state index is 12.6. The van der Waals surface area contributed by atoms with Gasteiger partial charge in [0.05, 0.1) is 0 Å². The molecule has 1 unspecified atom stereocenters. The molecule has 21 heavy (non-hydrogen) atoms. The Morgan fingerprint density at radius 2 is 1.81 bits per heavy atom. The molecule has 0 aliphatic carbocycles. The standard InChI is InChI=1S/C16H21NO4/c1-11(18)7-13-5-3-2-4-6-17(13)16(21)12-8-14(19)10-15(20)9-12/h8-10,13,19-20H,2-7H2,1H3. The van der Waals surface area contributed by atoms with Crippen molar-refractivity contribution in [3.63, 3.8) is 0 Å². The van der Waals surface area contributed by atoms with E-state index >= 15 is 0 Å². The Hall–Kier alpha value is -2.04. The number of benzene rings is 1. The van der Waals surface area contributed by atoms with Gasteiger partial charge in [-0.1, -0.05) is 12.8 Å². The second-order valence-electron chi connectivity index (χ2n) is 5.65. The molecule has 1 aliphatic rings. The molecular weight excluding hydrogens is 270 g/mol. The van der Waals surface area contributed by atoms with E-state index in [2.05, 4.69) is 0 Å². The summed E-state index contributed by atoms with van der Waals surface area (Å²) in [6.07, 6.45) is 4.13. The van der Waals surface area contributed by atoms with Crippen LogP contribution in [0, 0.1) is 0 Å². The molecule has 1 atom stereocenters. The third kappa shape index (κ3) is 3.97. The Bertz CT molecular complexity index is 521. The first kappa shape index (κ1) is 15.4. The Morgan fingerprint density at radius 3 is 2.43 bits per heavy atom. The number of ketones is 1. The Labute approximate surface area is 124 Å². The fourth-order valence-electron chi connectivity index (χ4n) is 2.87. The highest BCUT2D eigenvalue weighted by Crippen LogP contribution is 2.25. The maximum absolute atomic E-state index is 12.6. The quantitative estimate of drug-likeness (QED) is 0.896. The molecule has 0 bridgehead atoms. The molecule has 2 N–H and O–H groups in total. The summed E-state index contributed by atoms with van der Waals surface area (Å²) in [5.41, 5.74) is 0.253. The molecule has 1 heterocycles. The van der Waals surface area contributed by atoms with Crippen LogP contribution in [0.4, 0.5) is 0 Å². The number of Topliss-reactive ketones (excluding diaryl/α,β-unsaturated/α-hetero) is 1. The van der Waals surface area contributed by atoms with Crippen molar-refractivity contribution in [2.45, 2.75) is 45.1 Å². The van der Waals surface area contributed by atoms with E-state index in [-0.39, 0.29) is 34.8 Å². The van der Waals surface area contributed by atoms with E-state index < -0.39 is 0 Å². The van der Waals surface area contributed by atoms with Crippen LogP contribution in [0.1, 0.15) is 49.4 Å². The topological polar surface area (TPSA) is 77.8 Å². The van der Waals surface area contributed by atoms with Crippen molar-refractivity contribution in [2.75, 3.05) is 6.54 Å². The van der Waals surface area contributed by atoms with Gasteiger partial charge < -0.3 is 15.1 Å². The van der Waals surface area contributed by atoms with E-state index in [4.69, 9.17) is 0 Å². The molecule has 0 radical (unpaired) electrons. The monoisotopic (exact) mass is 291 g/mol. The number of hydrogen-bond acceptors (Lipinski definition) is 4. The minimum absolute atomic E-state index is 0.0680. The number of phenolic OH excluding ortho intramolecular Hbond substituents is 2. The van der Waals surface area contributed by atoms with Gasteiger partial charge in [-0.25, -0.2) is 0 Å². The third-order valence-electron chi connectivity index (χ3n) is 3.81. The summed E-state index contributed by atoms with van der Waals surface area (Å²) in [5.74, 6) is -0.458. The molecule has 1 fully saturated rings. The summed E-state index contributed by atoms with van der Waals surface area (Å²) in [6.45, 7) is 2.14. The highest BCUT2D eigenvalue weighted by atomic mass is 16.3. The van der Waals surface area contributed by atoms with E-state index in [1.807, 2.05) is 0 Å². The second-order valence-corrected chi connectivity index (χ2v) is 5.65. The van der Waals surface area contributed by atoms with Crippen LogP contribution in [0.3, 0.4) is 0 Å². The van der Waals surface area contributed by atoms with Gasteiger partial charge in [0.25, 0.3) is 5.91 Å². The number of carbonyl (C=O) groups is 2. The third-order valence-corrected chi connectivity index (χ3v) is 3.81. The molecule has 1 aliphatic heterocycles. The highest BCUT2D eigenvalue weighted by molar-refractivity contribution is 5.95. The summed E-state index contributed by atoms with van der Waals surface area (Å²) in [5, 5.41) is 19.0. The lowest BCUT2D eigenvalue weighted by atomic mass is 10.0. The number of phenols is 2. The fourth-order valence-corrected chi connectivity index (χ4v) is 2.87. The average Bonchev–Trinajstić information content (AvgIpc) is 2.61. The molecule has 0 spiro atoms. The highest BCUT2D eigenvalue weighted by Gasteiger charge is 2.27. The molecule has 0 aromatic heterocycles. The van der Waals surface area contributed by atoms with Crippen LogP contribution in [0.25, 0.3) is 0 Å². The van der Waals surface area contributed by atoms with E-state index in [1.54, 1.807) is 4.90 Å². The first-order chi connectivity index (χ1) is 9.97. The molecule has 2 rings (SSSR count). The van der Waals surface area contributed by atoms with Crippen LogP contribution < -0.4 is 0 Å². The SMILES string of the molecule is CC(=O)CC1CCCCCN1C(=O)c1cc(O)cc(O)c1. The van der Waals surface area contributed by atoms with Crippen LogP contribution in [-0.2, 0) is 4.79 Å². The maximum Gasteiger partial charge on any atom is 0.254 e. The smallest absolute Gasteiger partial charge is 0.254 e. The van der Waals surface area contributed by atoms with Gasteiger partial charge in [0, 0.05) is 30.6 Å². The zero-order valence-electron chi connectivity index (χ0n) is 12.2. The summed E-state index contributed by atoms with van der Waals surface area (Å²) >= 11 is 0. The Morgan fingerprint density at radius 1 is 1.14 bits per heavy atom. The van der Waals surface area contributed by atoms with Crippen molar-refractivity contribution in [1.29, 1.82) is 0 Å². The van der Waals surface area contributed by atoms with Gasteiger partial charge in [0.2, 0.25) is 0 Å². The molecule has 1 aromatic rings. The summed E-state index contributed by atoms with van der Waals surface area (Å²) in [4.78, 5) is 25.8. The van der Waals surface area contributed by atoms with E-state index in [0.717, 1.165) is 25.7 Å². The number of carbonyl (C=O) groups excluding carboxylic acids is 2. The predicted octanol–water partition coefficient (Wildman–Crippen LogP) is 2.46. The predicted molar refractivity (Wildman–Crippen MR) is 78.4 cm³/mol. The Kier molecular flexibility index (Phi) is 4.83. The van der Waals surface area contributed by atoms with E-state index in [9.17, 15) is 19.8 Å². The number of hydrogen-bond donors (Lipinski definition) is 2. The van der Waals surface area contributed by atoms with Crippen LogP contribution in [0.15, 0.2) is 18.2 Å². The lowest BCUT2D eigenvalue weighted by Gasteiger charge is -2.29. The van der Waals surface area contributed by atoms with Crippen LogP contribution in [0.2, 0.25) is 0 Å². The molecule has 1 saturated heterocycles. The van der Waals surface area contributed by atoms with Crippen molar-refractivity contribution in [1.82, 2.24) is 4.90 Å². The number of likely N-dealkylation sites (tertiary alicyclic amines) is 1. The lowest BCUT2D eigenvalue weighted by molar-refractivity contribution is -0.118. The van der Waals surface area contributed by atoms with Crippen LogP contribution in [-0.4, -0.2) is 39.4 Å². The van der Waals surface area contributed by atoms with Crippen LogP contribution >= 0.6 is 0 Å². The zero-order valence-corrected chi connectivity index (χ0v) is 12.2. The number of rotatable bonds is 3. The van der Waals surface area contributed by atoms with Gasteiger partial charge in [0.15, 0.2) is 0 Å². The molecule has 5 heteroatoms. The fraction of sp³-hybridized carbons (Fsp3) is 0.500. The normalized spacial score (nSPS) is 19.1. The van der Waals surface area contributed by atoms with Crippen LogP contribution in [0.5, 0.6) is 11.5 Å². The minimum atomic E-state index is -0.241. The average molecular weight is 291 g/mol. The first-order valence-electron chi connectivity index (χ1n) is 7.31. The summed E-state index contributed by atoms with van der Waals surface area (Å²) < 4.78 is 0. The van der Waals surface area contributed by atoms with Crippen molar-refractivity contribution >= 4 is 11.7 Å². The number of nitrogens with zero attached hydrogens (tertiary/aromatic N) is 1. The molecule has 0 saturated carbocycles. The van der Waals surface area contributed by atoms with Gasteiger partial charge in [-0.2, -0.15) is 0 Å². The first-order valence-corrected chi connectivity index (χ1v) is 7.31. The zero-order chi connectivity index (χ0) is 15.4. The summed E-state index contributed by atoms with van der Waals surface area (Å²) in [7, 11) is 0. The molecule has 5 nitrogen and oxygen atoms in total. The van der Waals surface area contributed by atoms with Crippen molar-refractivity contribution < 1.29 is 19.8 Å². The molecule has 1 amide bonds. The van der Waals surface area contributed by atoms with Crippen molar-refractivity contribution in [3.05, 3.63) is 23.8 Å². The minimum Gasteiger partial charge on any atom is -0.508 e. The van der Waals surface area contributed by atoms with Crippen molar-refractivity contribution in [3.8, 4) is 11.5 Å². The number of amides is 1. The van der Waals surface area contributed by atoms with E-state index in [1.165, 1.54) is 25.1 Å². The number of aromatic hydroxyl groups is 2. The van der Waals surface area contributed by atoms with Gasteiger partial charge in [-0.15, -0.1) is 0 Å².